The molecule has 17 heavy (non-hydrogen) atoms. The molecule has 4 rings (SSSR count). The minimum Gasteiger partial charge on any atom is -0.293 e. The number of carbonyl (C=O) groups excluding carboxylic acids is 2. The highest BCUT2D eigenvalue weighted by Crippen LogP contribution is 2.28. The van der Waals surface area contributed by atoms with Gasteiger partial charge in [0, 0.05) is 11.1 Å². The number of rotatable bonds is 1. The molecule has 2 heteroatoms. The summed E-state index contributed by atoms with van der Waals surface area (Å²) in [6.45, 7) is 0. The van der Waals surface area contributed by atoms with Crippen LogP contribution in [0.25, 0.3) is 0 Å². The van der Waals surface area contributed by atoms with Crippen molar-refractivity contribution in [2.45, 2.75) is 5.92 Å². The topological polar surface area (TPSA) is 34.1 Å². The van der Waals surface area contributed by atoms with E-state index in [4.69, 9.17) is 0 Å². The summed E-state index contributed by atoms with van der Waals surface area (Å²) in [4.78, 5) is 24.5. The summed E-state index contributed by atoms with van der Waals surface area (Å²) >= 11 is 0. The Kier molecular flexibility index (Phi) is 2.15. The molecule has 2 aromatic carbocycles. The van der Waals surface area contributed by atoms with E-state index < -0.39 is 5.92 Å². The minimum atomic E-state index is -0.675. The summed E-state index contributed by atoms with van der Waals surface area (Å²) in [5, 5.41) is 0. The monoisotopic (exact) mass is 222 g/mol. The lowest BCUT2D eigenvalue weighted by molar-refractivity contribution is 0.0864. The smallest absolute Gasteiger partial charge is 0.178 e. The van der Waals surface area contributed by atoms with E-state index in [1.165, 1.54) is 0 Å². The molecule has 0 aromatic heterocycles. The van der Waals surface area contributed by atoms with Gasteiger partial charge in [0.05, 0.1) is 0 Å². The van der Waals surface area contributed by atoms with Crippen LogP contribution in [0, 0.1) is 0 Å². The van der Waals surface area contributed by atoms with Crippen LogP contribution in [0.1, 0.15) is 32.2 Å². The van der Waals surface area contributed by atoms with Crippen LogP contribution < -0.4 is 0 Å². The van der Waals surface area contributed by atoms with Crippen LogP contribution in [0.5, 0.6) is 0 Å². The van der Waals surface area contributed by atoms with Gasteiger partial charge in [-0.1, -0.05) is 54.6 Å². The van der Waals surface area contributed by atoms with E-state index in [0.29, 0.717) is 11.1 Å². The van der Waals surface area contributed by atoms with Crippen LogP contribution in [0.4, 0.5) is 0 Å². The first kappa shape index (κ1) is 9.97. The molecule has 0 unspecified atom stereocenters. The zero-order valence-corrected chi connectivity index (χ0v) is 9.09. The average molecular weight is 222 g/mol. The largest absolute Gasteiger partial charge is 0.293 e. The third kappa shape index (κ3) is 1.49. The van der Waals surface area contributed by atoms with Gasteiger partial charge in [-0.3, -0.25) is 9.59 Å². The summed E-state index contributed by atoms with van der Waals surface area (Å²) < 4.78 is 0. The normalized spacial score (nSPS) is 15.1. The Bertz CT molecular complexity index is 547. The summed E-state index contributed by atoms with van der Waals surface area (Å²) in [5.74, 6) is -0.895. The van der Waals surface area contributed by atoms with Gasteiger partial charge in [0.15, 0.2) is 11.6 Å². The first-order valence-electron chi connectivity index (χ1n) is 5.51. The van der Waals surface area contributed by atoms with Crippen molar-refractivity contribution in [2.75, 3.05) is 0 Å². The lowest BCUT2D eigenvalue weighted by atomic mass is 9.88. The minimum absolute atomic E-state index is 0.110. The van der Waals surface area contributed by atoms with Gasteiger partial charge in [0.2, 0.25) is 0 Å². The molecule has 0 amide bonds. The molecular formula is C15H10O2. The number of benzene rings is 2. The fourth-order valence-electron chi connectivity index (χ4n) is 2.20. The van der Waals surface area contributed by atoms with Crippen molar-refractivity contribution >= 4 is 11.6 Å². The van der Waals surface area contributed by atoms with Crippen molar-refractivity contribution in [3.63, 3.8) is 0 Å². The fourth-order valence-corrected chi connectivity index (χ4v) is 2.20. The summed E-state index contributed by atoms with van der Waals surface area (Å²) in [6.07, 6.45) is 0. The fraction of sp³-hybridized carbons (Fsp3) is 0.0667. The molecule has 2 bridgehead atoms. The van der Waals surface area contributed by atoms with Crippen LogP contribution in [-0.4, -0.2) is 11.6 Å². The van der Waals surface area contributed by atoms with Gasteiger partial charge in [0.1, 0.15) is 5.92 Å². The maximum Gasteiger partial charge on any atom is 0.178 e. The van der Waals surface area contributed by atoms with Crippen molar-refractivity contribution in [1.82, 2.24) is 0 Å². The molecule has 82 valence electrons. The number of hydrogen-bond acceptors (Lipinski definition) is 2. The first-order chi connectivity index (χ1) is 8.27. The average Bonchev–Trinajstić information content (AvgIpc) is 2.57. The van der Waals surface area contributed by atoms with Crippen molar-refractivity contribution < 1.29 is 9.59 Å². The van der Waals surface area contributed by atoms with E-state index >= 15 is 0 Å². The van der Waals surface area contributed by atoms with Crippen molar-refractivity contribution in [3.05, 3.63) is 71.3 Å². The molecule has 2 aliphatic carbocycles. The van der Waals surface area contributed by atoms with E-state index in [9.17, 15) is 9.59 Å². The quantitative estimate of drug-likeness (QED) is 0.695. The summed E-state index contributed by atoms with van der Waals surface area (Å²) in [6, 6.07) is 16.1. The lowest BCUT2D eigenvalue weighted by Crippen LogP contribution is -2.19. The molecule has 0 fully saturated rings. The van der Waals surface area contributed by atoms with E-state index in [2.05, 4.69) is 0 Å². The van der Waals surface area contributed by atoms with Gasteiger partial charge in [0.25, 0.3) is 0 Å². The van der Waals surface area contributed by atoms with E-state index in [1.807, 2.05) is 30.3 Å². The Hall–Kier alpha value is -2.22. The number of hydrogen-bond donors (Lipinski definition) is 0. The molecule has 0 heterocycles. The molecule has 2 nitrogen and oxygen atoms in total. The Morgan fingerprint density at radius 3 is 1.59 bits per heavy atom. The number of carbonyl (C=O) groups is 2. The molecular weight excluding hydrogens is 212 g/mol. The second-order valence-corrected chi connectivity index (χ2v) is 4.15. The zero-order chi connectivity index (χ0) is 11.8. The van der Waals surface area contributed by atoms with Gasteiger partial charge in [-0.15, -0.1) is 0 Å². The molecule has 2 aromatic rings. The predicted molar refractivity (Wildman–Crippen MR) is 64.3 cm³/mol. The van der Waals surface area contributed by atoms with E-state index in [0.717, 1.165) is 5.56 Å². The van der Waals surface area contributed by atoms with E-state index in [1.54, 1.807) is 24.3 Å². The third-order valence-corrected chi connectivity index (χ3v) is 3.11. The highest BCUT2D eigenvalue weighted by atomic mass is 16.2. The number of ketones is 2. The maximum absolute atomic E-state index is 12.2. The van der Waals surface area contributed by atoms with Crippen LogP contribution >= 0.6 is 0 Å². The molecule has 0 saturated heterocycles. The third-order valence-electron chi connectivity index (χ3n) is 3.11. The van der Waals surface area contributed by atoms with Crippen LogP contribution in [0.3, 0.4) is 0 Å². The Morgan fingerprint density at radius 1 is 0.647 bits per heavy atom. The van der Waals surface area contributed by atoms with Crippen molar-refractivity contribution in [3.8, 4) is 0 Å². The van der Waals surface area contributed by atoms with Gasteiger partial charge in [-0.25, -0.2) is 0 Å². The first-order valence-corrected chi connectivity index (χ1v) is 5.51. The van der Waals surface area contributed by atoms with Crippen LogP contribution in [0.15, 0.2) is 54.6 Å². The summed E-state index contributed by atoms with van der Waals surface area (Å²) in [7, 11) is 0. The standard InChI is InChI=1S/C15H10O2/c16-14-11-6-7-12(9-8-11)15(17)13(14)10-4-2-1-3-5-10/h1-9,13H. The van der Waals surface area contributed by atoms with E-state index in [-0.39, 0.29) is 11.6 Å². The molecule has 2 aliphatic rings. The van der Waals surface area contributed by atoms with Gasteiger partial charge >= 0.3 is 0 Å². The highest BCUT2D eigenvalue weighted by Gasteiger charge is 2.32. The molecule has 0 aliphatic heterocycles. The Balaban J connectivity index is 2.16. The van der Waals surface area contributed by atoms with Crippen molar-refractivity contribution in [1.29, 1.82) is 0 Å². The lowest BCUT2D eigenvalue weighted by Gasteiger charge is -2.11. The summed E-state index contributed by atoms with van der Waals surface area (Å²) in [5.41, 5.74) is 1.98. The van der Waals surface area contributed by atoms with Crippen LogP contribution in [0.2, 0.25) is 0 Å². The molecule has 0 radical (unpaired) electrons. The van der Waals surface area contributed by atoms with Crippen molar-refractivity contribution in [2.24, 2.45) is 0 Å². The second-order valence-electron chi connectivity index (χ2n) is 4.15. The SMILES string of the molecule is O=C1c2ccc(cc2)C(=O)C1c1ccccc1. The zero-order valence-electron chi connectivity index (χ0n) is 9.09. The number of Topliss-reactive ketones (excluding diaryl/α,β-unsaturated/α-hetero) is 2. The predicted octanol–water partition coefficient (Wildman–Crippen LogP) is 2.85. The van der Waals surface area contributed by atoms with Gasteiger partial charge in [-0.05, 0) is 5.56 Å². The molecule has 0 spiro atoms. The molecule has 0 saturated carbocycles. The van der Waals surface area contributed by atoms with Gasteiger partial charge < -0.3 is 0 Å². The molecule has 0 N–H and O–H groups in total. The Labute approximate surface area is 98.9 Å². The highest BCUT2D eigenvalue weighted by molar-refractivity contribution is 6.22. The number of fused-ring (bicyclic) bond motifs is 4. The second kappa shape index (κ2) is 3.67. The van der Waals surface area contributed by atoms with Gasteiger partial charge in [-0.2, -0.15) is 0 Å². The Morgan fingerprint density at radius 2 is 1.12 bits per heavy atom. The molecule has 0 atom stereocenters. The maximum atomic E-state index is 12.2. The van der Waals surface area contributed by atoms with Crippen LogP contribution in [-0.2, 0) is 0 Å².